The molecule has 1 amide bonds. The van der Waals surface area contributed by atoms with Gasteiger partial charge in [-0.1, -0.05) is 67.6 Å². The number of nitrogens with one attached hydrogen (secondary N) is 2. The Balaban J connectivity index is 1.36. The van der Waals surface area contributed by atoms with Crippen LogP contribution in [0.25, 0.3) is 11.2 Å². The zero-order valence-corrected chi connectivity index (χ0v) is 24.4. The van der Waals surface area contributed by atoms with Crippen LogP contribution in [0.4, 0.5) is 11.8 Å². The summed E-state index contributed by atoms with van der Waals surface area (Å²) in [5.74, 6) is 1.08. The first-order valence-corrected chi connectivity index (χ1v) is 15.2. The van der Waals surface area contributed by atoms with Gasteiger partial charge in [-0.25, -0.2) is 4.98 Å². The van der Waals surface area contributed by atoms with Gasteiger partial charge in [0.2, 0.25) is 11.9 Å². The number of amides is 1. The lowest BCUT2D eigenvalue weighted by molar-refractivity contribution is -0.122. The topological polar surface area (TPSA) is 154 Å². The number of hydrogen-bond acceptors (Lipinski definition) is 9. The number of aliphatic hydroxyl groups excluding tert-OH is 2. The molecule has 11 heteroatoms. The van der Waals surface area contributed by atoms with E-state index in [9.17, 15) is 15.0 Å². The summed E-state index contributed by atoms with van der Waals surface area (Å²) in [5.41, 5.74) is 9.71. The van der Waals surface area contributed by atoms with Gasteiger partial charge in [0, 0.05) is 38.0 Å². The fourth-order valence-electron chi connectivity index (χ4n) is 6.25. The van der Waals surface area contributed by atoms with E-state index in [1.165, 1.54) is 11.1 Å². The molecule has 2 aromatic heterocycles. The van der Waals surface area contributed by atoms with Crippen LogP contribution >= 0.6 is 0 Å². The SMILES string of the molecule is CCC(=O)N[C@H]1C[C@@H](n2cnc3c(NCC(c4ccccc4)c4ccccc4)nc(N4CCC(N)CC4)nc32)[C@H](O)[C@@H]1O. The molecule has 3 heterocycles. The highest BCUT2D eigenvalue weighted by Crippen LogP contribution is 2.35. The van der Waals surface area contributed by atoms with Gasteiger partial charge in [0.15, 0.2) is 17.0 Å². The fourth-order valence-corrected chi connectivity index (χ4v) is 6.25. The quantitative estimate of drug-likeness (QED) is 0.200. The van der Waals surface area contributed by atoms with Crippen molar-refractivity contribution in [2.75, 3.05) is 29.9 Å². The zero-order chi connectivity index (χ0) is 29.9. The number of rotatable bonds is 9. The average Bonchev–Trinajstić information content (AvgIpc) is 3.58. The number of nitrogens with zero attached hydrogens (tertiary/aromatic N) is 5. The molecular formula is C32H40N8O3. The van der Waals surface area contributed by atoms with Crippen LogP contribution in [0.5, 0.6) is 0 Å². The number of nitrogens with two attached hydrogens (primary N) is 1. The molecule has 0 unspecified atom stereocenters. The number of fused-ring (bicyclic) bond motifs is 1. The van der Waals surface area contributed by atoms with Gasteiger partial charge in [-0.3, -0.25) is 4.79 Å². The van der Waals surface area contributed by atoms with Gasteiger partial charge in [0.25, 0.3) is 0 Å². The van der Waals surface area contributed by atoms with Crippen molar-refractivity contribution < 1.29 is 15.0 Å². The van der Waals surface area contributed by atoms with Crippen LogP contribution in [0.1, 0.15) is 55.7 Å². The van der Waals surface area contributed by atoms with Crippen LogP contribution in [0.15, 0.2) is 67.0 Å². The monoisotopic (exact) mass is 584 g/mol. The molecule has 1 saturated carbocycles. The molecule has 1 saturated heterocycles. The van der Waals surface area contributed by atoms with E-state index < -0.39 is 24.3 Å². The van der Waals surface area contributed by atoms with Gasteiger partial charge in [-0.15, -0.1) is 0 Å². The maximum atomic E-state index is 12.1. The normalized spacial score (nSPS) is 22.8. The second-order valence-electron chi connectivity index (χ2n) is 11.6. The molecule has 2 aliphatic rings. The van der Waals surface area contributed by atoms with Crippen LogP contribution in [-0.2, 0) is 4.79 Å². The lowest BCUT2D eigenvalue weighted by Gasteiger charge is -2.30. The van der Waals surface area contributed by atoms with Gasteiger partial charge >= 0.3 is 0 Å². The van der Waals surface area contributed by atoms with Crippen molar-refractivity contribution in [1.29, 1.82) is 0 Å². The Morgan fingerprint density at radius 1 is 1.00 bits per heavy atom. The molecule has 43 heavy (non-hydrogen) atoms. The van der Waals surface area contributed by atoms with E-state index in [0.29, 0.717) is 42.3 Å². The van der Waals surface area contributed by atoms with E-state index in [4.69, 9.17) is 20.7 Å². The molecule has 226 valence electrons. The minimum absolute atomic E-state index is 0.0701. The van der Waals surface area contributed by atoms with E-state index in [0.717, 1.165) is 25.9 Å². The summed E-state index contributed by atoms with van der Waals surface area (Å²) in [4.78, 5) is 28.8. The largest absolute Gasteiger partial charge is 0.388 e. The summed E-state index contributed by atoms with van der Waals surface area (Å²) in [6, 6.07) is 19.8. The summed E-state index contributed by atoms with van der Waals surface area (Å²) in [5, 5.41) is 28.3. The molecule has 11 nitrogen and oxygen atoms in total. The standard InChI is InChI=1S/C32H40N8O3/c1-2-26(41)36-24-17-25(29(43)28(24)42)40-19-35-27-30(37-32(38-31(27)40)39-15-13-22(33)14-16-39)34-18-23(20-9-5-3-6-10-20)21-11-7-4-8-12-21/h3-12,19,22-25,28-29,42-43H,2,13-18,33H2,1H3,(H,36,41)(H,34,37,38)/t24-,25+,28+,29-/m0/s1. The first-order valence-electron chi connectivity index (χ1n) is 15.2. The molecule has 6 rings (SSSR count). The van der Waals surface area contributed by atoms with Crippen molar-refractivity contribution in [3.05, 3.63) is 78.1 Å². The second-order valence-corrected chi connectivity index (χ2v) is 11.6. The van der Waals surface area contributed by atoms with Crippen LogP contribution in [0.2, 0.25) is 0 Å². The van der Waals surface area contributed by atoms with Crippen LogP contribution < -0.4 is 21.3 Å². The van der Waals surface area contributed by atoms with Crippen LogP contribution in [0.3, 0.4) is 0 Å². The van der Waals surface area contributed by atoms with Gasteiger partial charge in [0.05, 0.1) is 18.4 Å². The number of aromatic nitrogens is 4. The first-order chi connectivity index (χ1) is 20.9. The van der Waals surface area contributed by atoms with Crippen LogP contribution in [-0.4, -0.2) is 79.6 Å². The molecule has 4 aromatic rings. The molecule has 1 aliphatic heterocycles. The smallest absolute Gasteiger partial charge is 0.229 e. The molecule has 0 radical (unpaired) electrons. The second kappa shape index (κ2) is 12.7. The fraction of sp³-hybridized carbons (Fsp3) is 0.438. The summed E-state index contributed by atoms with van der Waals surface area (Å²) >= 11 is 0. The number of piperidine rings is 1. The van der Waals surface area contributed by atoms with Gasteiger partial charge in [-0.05, 0) is 30.4 Å². The highest BCUT2D eigenvalue weighted by Gasteiger charge is 2.43. The molecule has 0 bridgehead atoms. The van der Waals surface area contributed by atoms with E-state index in [1.54, 1.807) is 13.3 Å². The Morgan fingerprint density at radius 3 is 2.28 bits per heavy atom. The van der Waals surface area contributed by atoms with E-state index >= 15 is 0 Å². The van der Waals surface area contributed by atoms with E-state index in [-0.39, 0.29) is 17.9 Å². The number of carbonyl (C=O) groups excluding carboxylic acids is 1. The lowest BCUT2D eigenvalue weighted by atomic mass is 9.91. The number of anilines is 2. The Bertz CT molecular complexity index is 1480. The summed E-state index contributed by atoms with van der Waals surface area (Å²) < 4.78 is 1.82. The third-order valence-electron chi connectivity index (χ3n) is 8.79. The predicted molar refractivity (Wildman–Crippen MR) is 166 cm³/mol. The lowest BCUT2D eigenvalue weighted by Crippen LogP contribution is -2.42. The van der Waals surface area contributed by atoms with Crippen molar-refractivity contribution >= 4 is 28.8 Å². The molecule has 1 aliphatic carbocycles. The molecule has 4 atom stereocenters. The maximum Gasteiger partial charge on any atom is 0.229 e. The van der Waals surface area contributed by atoms with Crippen molar-refractivity contribution in [1.82, 2.24) is 24.8 Å². The zero-order valence-electron chi connectivity index (χ0n) is 24.4. The van der Waals surface area contributed by atoms with E-state index in [2.05, 4.69) is 39.8 Å². The molecule has 2 aromatic carbocycles. The number of imidazole rings is 1. The highest BCUT2D eigenvalue weighted by molar-refractivity contribution is 5.84. The molecular weight excluding hydrogens is 544 g/mol. The third-order valence-corrected chi connectivity index (χ3v) is 8.79. The Hall–Kier alpha value is -4.06. The third kappa shape index (κ3) is 6.06. The van der Waals surface area contributed by atoms with Gasteiger partial charge < -0.3 is 36.0 Å². The number of carbonyl (C=O) groups is 1. The summed E-state index contributed by atoms with van der Waals surface area (Å²) in [6.07, 6.45) is 1.80. The summed E-state index contributed by atoms with van der Waals surface area (Å²) in [7, 11) is 0. The minimum atomic E-state index is -1.10. The number of benzene rings is 2. The molecule has 2 fully saturated rings. The van der Waals surface area contributed by atoms with Crippen molar-refractivity contribution in [3.8, 4) is 0 Å². The van der Waals surface area contributed by atoms with E-state index in [1.807, 2.05) is 41.0 Å². The van der Waals surface area contributed by atoms with Crippen molar-refractivity contribution in [3.63, 3.8) is 0 Å². The number of hydrogen-bond donors (Lipinski definition) is 5. The van der Waals surface area contributed by atoms with Crippen molar-refractivity contribution in [2.24, 2.45) is 5.73 Å². The average molecular weight is 585 g/mol. The van der Waals surface area contributed by atoms with Crippen LogP contribution in [0, 0.1) is 0 Å². The molecule has 0 spiro atoms. The Morgan fingerprint density at radius 2 is 1.65 bits per heavy atom. The maximum absolute atomic E-state index is 12.1. The predicted octanol–water partition coefficient (Wildman–Crippen LogP) is 2.56. The van der Waals surface area contributed by atoms with Gasteiger partial charge in [-0.2, -0.15) is 9.97 Å². The highest BCUT2D eigenvalue weighted by atomic mass is 16.3. The Labute approximate surface area is 251 Å². The summed E-state index contributed by atoms with van der Waals surface area (Å²) in [6.45, 7) is 3.82. The molecule has 6 N–H and O–H groups in total. The van der Waals surface area contributed by atoms with Gasteiger partial charge in [0.1, 0.15) is 12.2 Å². The van der Waals surface area contributed by atoms with Crippen molar-refractivity contribution in [2.45, 2.75) is 68.9 Å². The Kier molecular flexibility index (Phi) is 8.55. The number of aliphatic hydroxyl groups is 2. The first kappa shape index (κ1) is 29.0. The minimum Gasteiger partial charge on any atom is -0.388 e.